The predicted octanol–water partition coefficient (Wildman–Crippen LogP) is 3.88. The second kappa shape index (κ2) is 8.58. The summed E-state index contributed by atoms with van der Waals surface area (Å²) in [5.74, 6) is 0.373. The number of benzene rings is 2. The van der Waals surface area contributed by atoms with Gasteiger partial charge < -0.3 is 15.4 Å². The molecule has 0 fully saturated rings. The van der Waals surface area contributed by atoms with E-state index in [0.29, 0.717) is 17.8 Å². The summed E-state index contributed by atoms with van der Waals surface area (Å²) in [4.78, 5) is 22.6. The lowest BCUT2D eigenvalue weighted by Crippen LogP contribution is -2.31. The van der Waals surface area contributed by atoms with Gasteiger partial charge in [0.1, 0.15) is 5.75 Å². The summed E-state index contributed by atoms with van der Waals surface area (Å²) < 4.78 is 5.29. The molecule has 0 bridgehead atoms. The molecule has 1 unspecified atom stereocenters. The zero-order chi connectivity index (χ0) is 16.5. The van der Waals surface area contributed by atoms with Crippen molar-refractivity contribution in [3.8, 4) is 5.75 Å². The number of rotatable bonds is 7. The molecule has 0 aliphatic carbocycles. The van der Waals surface area contributed by atoms with Crippen molar-refractivity contribution in [3.05, 3.63) is 60.2 Å². The maximum absolute atomic E-state index is 12.1. The SMILES string of the molecule is CCCC(NC(=O)Oc1cccc(NC=O)c1)c1ccccc1. The first-order chi connectivity index (χ1) is 11.2. The first-order valence-corrected chi connectivity index (χ1v) is 7.56. The van der Waals surface area contributed by atoms with E-state index in [4.69, 9.17) is 4.74 Å². The van der Waals surface area contributed by atoms with Gasteiger partial charge in [-0.2, -0.15) is 0 Å². The normalized spacial score (nSPS) is 11.3. The first kappa shape index (κ1) is 16.5. The van der Waals surface area contributed by atoms with Gasteiger partial charge in [0.25, 0.3) is 0 Å². The largest absolute Gasteiger partial charge is 0.413 e. The van der Waals surface area contributed by atoms with Gasteiger partial charge in [-0.25, -0.2) is 4.79 Å². The van der Waals surface area contributed by atoms with Crippen LogP contribution in [-0.2, 0) is 4.79 Å². The predicted molar refractivity (Wildman–Crippen MR) is 89.4 cm³/mol. The molecule has 0 aliphatic rings. The number of amides is 2. The van der Waals surface area contributed by atoms with Crippen LogP contribution in [0.2, 0.25) is 0 Å². The van der Waals surface area contributed by atoms with Crippen molar-refractivity contribution in [1.29, 1.82) is 0 Å². The molecule has 5 nitrogen and oxygen atoms in total. The fourth-order valence-electron chi connectivity index (χ4n) is 2.29. The van der Waals surface area contributed by atoms with E-state index in [9.17, 15) is 9.59 Å². The molecule has 0 saturated heterocycles. The lowest BCUT2D eigenvalue weighted by Gasteiger charge is -2.18. The molecule has 120 valence electrons. The summed E-state index contributed by atoms with van der Waals surface area (Å²) >= 11 is 0. The lowest BCUT2D eigenvalue weighted by molar-refractivity contribution is -0.105. The van der Waals surface area contributed by atoms with Gasteiger partial charge in [0.2, 0.25) is 6.41 Å². The minimum Gasteiger partial charge on any atom is -0.410 e. The average molecular weight is 312 g/mol. The van der Waals surface area contributed by atoms with Crippen molar-refractivity contribution in [1.82, 2.24) is 5.32 Å². The summed E-state index contributed by atoms with van der Waals surface area (Å²) in [7, 11) is 0. The van der Waals surface area contributed by atoms with Crippen LogP contribution in [0.15, 0.2) is 54.6 Å². The van der Waals surface area contributed by atoms with Gasteiger partial charge in [0.05, 0.1) is 6.04 Å². The summed E-state index contributed by atoms with van der Waals surface area (Å²) in [6.45, 7) is 2.07. The molecule has 0 saturated carbocycles. The molecule has 2 amide bonds. The Morgan fingerprint density at radius 2 is 1.96 bits per heavy atom. The molecule has 0 heterocycles. The Hall–Kier alpha value is -2.82. The number of hydrogen-bond donors (Lipinski definition) is 2. The van der Waals surface area contributed by atoms with Crippen LogP contribution in [-0.4, -0.2) is 12.5 Å². The summed E-state index contributed by atoms with van der Waals surface area (Å²) in [6.07, 6.45) is 1.83. The molecule has 5 heteroatoms. The molecule has 0 spiro atoms. The van der Waals surface area contributed by atoms with E-state index in [1.54, 1.807) is 24.3 Å². The second-order valence-corrected chi connectivity index (χ2v) is 5.08. The van der Waals surface area contributed by atoms with Gasteiger partial charge in [0.15, 0.2) is 0 Å². The number of hydrogen-bond acceptors (Lipinski definition) is 3. The molecule has 0 radical (unpaired) electrons. The van der Waals surface area contributed by atoms with Gasteiger partial charge in [-0.15, -0.1) is 0 Å². The quantitative estimate of drug-likeness (QED) is 0.762. The topological polar surface area (TPSA) is 67.4 Å². The van der Waals surface area contributed by atoms with Crippen LogP contribution in [0.5, 0.6) is 5.75 Å². The Bertz CT molecular complexity index is 644. The highest BCUT2D eigenvalue weighted by molar-refractivity contribution is 5.74. The van der Waals surface area contributed by atoms with Gasteiger partial charge in [-0.3, -0.25) is 4.79 Å². The third kappa shape index (κ3) is 5.14. The highest BCUT2D eigenvalue weighted by atomic mass is 16.6. The molecule has 2 rings (SSSR count). The van der Waals surface area contributed by atoms with Crippen molar-refractivity contribution >= 4 is 18.2 Å². The van der Waals surface area contributed by atoms with E-state index in [1.807, 2.05) is 30.3 Å². The molecule has 23 heavy (non-hydrogen) atoms. The van der Waals surface area contributed by atoms with E-state index in [2.05, 4.69) is 17.6 Å². The van der Waals surface area contributed by atoms with Gasteiger partial charge >= 0.3 is 6.09 Å². The molecule has 1 atom stereocenters. The average Bonchev–Trinajstić information content (AvgIpc) is 2.56. The Kier molecular flexibility index (Phi) is 6.17. The molecule has 2 aromatic carbocycles. The molecule has 2 aromatic rings. The second-order valence-electron chi connectivity index (χ2n) is 5.08. The van der Waals surface area contributed by atoms with Crippen LogP contribution in [0.1, 0.15) is 31.4 Å². The van der Waals surface area contributed by atoms with E-state index in [0.717, 1.165) is 18.4 Å². The lowest BCUT2D eigenvalue weighted by atomic mass is 10.0. The zero-order valence-electron chi connectivity index (χ0n) is 13.0. The maximum Gasteiger partial charge on any atom is 0.413 e. The number of carbonyl (C=O) groups is 2. The summed E-state index contributed by atoms with van der Waals surface area (Å²) in [5.41, 5.74) is 1.61. The van der Waals surface area contributed by atoms with Crippen molar-refractivity contribution < 1.29 is 14.3 Å². The zero-order valence-corrected chi connectivity index (χ0v) is 13.0. The molecule has 0 aromatic heterocycles. The minimum absolute atomic E-state index is 0.0926. The van der Waals surface area contributed by atoms with Crippen LogP contribution in [0, 0.1) is 0 Å². The Balaban J connectivity index is 2.02. The number of nitrogens with one attached hydrogen (secondary N) is 2. The third-order valence-electron chi connectivity index (χ3n) is 3.34. The van der Waals surface area contributed by atoms with Crippen LogP contribution in [0.25, 0.3) is 0 Å². The third-order valence-corrected chi connectivity index (χ3v) is 3.34. The fraction of sp³-hybridized carbons (Fsp3) is 0.222. The summed E-state index contributed by atoms with van der Waals surface area (Å²) in [5, 5.41) is 5.40. The Labute approximate surface area is 135 Å². The van der Waals surface area contributed by atoms with Crippen LogP contribution in [0.3, 0.4) is 0 Å². The van der Waals surface area contributed by atoms with Crippen molar-refractivity contribution in [3.63, 3.8) is 0 Å². The summed E-state index contributed by atoms with van der Waals surface area (Å²) in [6, 6.07) is 16.4. The van der Waals surface area contributed by atoms with Crippen molar-refractivity contribution in [2.75, 3.05) is 5.32 Å². The van der Waals surface area contributed by atoms with Crippen LogP contribution in [0.4, 0.5) is 10.5 Å². The smallest absolute Gasteiger partial charge is 0.410 e. The van der Waals surface area contributed by atoms with E-state index in [1.165, 1.54) is 0 Å². The highest BCUT2D eigenvalue weighted by Crippen LogP contribution is 2.20. The molecule has 2 N–H and O–H groups in total. The molecular formula is C18H20N2O3. The standard InChI is InChI=1S/C18H20N2O3/c1-2-7-17(14-8-4-3-5-9-14)20-18(22)23-16-11-6-10-15(12-16)19-13-21/h3-6,8-13,17H,2,7H2,1H3,(H,19,21)(H,20,22). The Morgan fingerprint density at radius 3 is 2.65 bits per heavy atom. The molecular weight excluding hydrogens is 292 g/mol. The first-order valence-electron chi connectivity index (χ1n) is 7.56. The van der Waals surface area contributed by atoms with Crippen molar-refractivity contribution in [2.24, 2.45) is 0 Å². The van der Waals surface area contributed by atoms with Crippen molar-refractivity contribution in [2.45, 2.75) is 25.8 Å². The van der Waals surface area contributed by atoms with E-state index >= 15 is 0 Å². The number of ether oxygens (including phenoxy) is 1. The monoisotopic (exact) mass is 312 g/mol. The minimum atomic E-state index is -0.518. The Morgan fingerprint density at radius 1 is 1.17 bits per heavy atom. The molecule has 0 aliphatic heterocycles. The van der Waals surface area contributed by atoms with E-state index < -0.39 is 6.09 Å². The van der Waals surface area contributed by atoms with Crippen LogP contribution >= 0.6 is 0 Å². The number of anilines is 1. The van der Waals surface area contributed by atoms with Gasteiger partial charge in [-0.05, 0) is 24.1 Å². The fourth-order valence-corrected chi connectivity index (χ4v) is 2.29. The van der Waals surface area contributed by atoms with Gasteiger partial charge in [0, 0.05) is 11.8 Å². The highest BCUT2D eigenvalue weighted by Gasteiger charge is 2.15. The van der Waals surface area contributed by atoms with E-state index in [-0.39, 0.29) is 6.04 Å². The van der Waals surface area contributed by atoms with Crippen LogP contribution < -0.4 is 15.4 Å². The number of carbonyl (C=O) groups excluding carboxylic acids is 2. The maximum atomic E-state index is 12.1. The van der Waals surface area contributed by atoms with Gasteiger partial charge in [-0.1, -0.05) is 49.7 Å².